The molecule has 0 atom stereocenters. The van der Waals surface area contributed by atoms with Crippen molar-refractivity contribution in [2.75, 3.05) is 19.7 Å². The zero-order valence-corrected chi connectivity index (χ0v) is 10.5. The molecule has 3 nitrogen and oxygen atoms in total. The summed E-state index contributed by atoms with van der Waals surface area (Å²) in [5, 5.41) is 0. The summed E-state index contributed by atoms with van der Waals surface area (Å²) in [4.78, 5) is 15.0. The van der Waals surface area contributed by atoms with Crippen molar-refractivity contribution in [2.45, 2.75) is 19.2 Å². The largest absolute Gasteiger partial charge is 0.411 e. The van der Waals surface area contributed by atoms with Crippen molar-refractivity contribution in [3.63, 3.8) is 0 Å². The molecule has 1 fully saturated rings. The van der Waals surface area contributed by atoms with Crippen LogP contribution >= 0.6 is 11.3 Å². The molecule has 1 aromatic heterocycles. The van der Waals surface area contributed by atoms with Gasteiger partial charge in [0.1, 0.15) is 6.61 Å². The Balaban J connectivity index is 1.77. The summed E-state index contributed by atoms with van der Waals surface area (Å²) in [5.74, 6) is -0.139. The molecule has 1 aliphatic heterocycles. The zero-order chi connectivity index (χ0) is 13.3. The molecular weight excluding hydrogens is 267 g/mol. The minimum atomic E-state index is -4.31. The third-order valence-corrected chi connectivity index (χ3v) is 3.56. The predicted molar refractivity (Wildman–Crippen MR) is 60.8 cm³/mol. The highest BCUT2D eigenvalue weighted by Crippen LogP contribution is 2.23. The molecule has 0 saturated carbocycles. The summed E-state index contributed by atoms with van der Waals surface area (Å²) < 4.78 is 40.3. The van der Waals surface area contributed by atoms with Gasteiger partial charge >= 0.3 is 6.18 Å². The fourth-order valence-corrected chi connectivity index (χ4v) is 2.46. The van der Waals surface area contributed by atoms with E-state index in [2.05, 4.69) is 4.74 Å². The van der Waals surface area contributed by atoms with Crippen LogP contribution in [0.3, 0.4) is 0 Å². The average Bonchev–Trinajstić information content (AvgIpc) is 2.60. The van der Waals surface area contributed by atoms with E-state index in [0.29, 0.717) is 4.88 Å². The quantitative estimate of drug-likeness (QED) is 0.850. The van der Waals surface area contributed by atoms with Crippen LogP contribution in [0.1, 0.15) is 14.5 Å². The first kappa shape index (κ1) is 13.4. The number of carbonyl (C=O) groups excluding carboxylic acids is 1. The number of ether oxygens (including phenoxy) is 1. The predicted octanol–water partition coefficient (Wildman–Crippen LogP) is 2.46. The first-order valence-corrected chi connectivity index (χ1v) is 6.21. The maximum Gasteiger partial charge on any atom is 0.411 e. The Labute approximate surface area is 106 Å². The Hall–Kier alpha value is -1.08. The van der Waals surface area contributed by atoms with Gasteiger partial charge < -0.3 is 9.64 Å². The summed E-state index contributed by atoms with van der Waals surface area (Å²) >= 11 is 1.38. The minimum absolute atomic E-state index is 0.139. The summed E-state index contributed by atoms with van der Waals surface area (Å²) in [6.07, 6.45) is -4.81. The van der Waals surface area contributed by atoms with E-state index in [0.717, 1.165) is 4.88 Å². The highest BCUT2D eigenvalue weighted by atomic mass is 32.1. The summed E-state index contributed by atoms with van der Waals surface area (Å²) in [5.41, 5.74) is 0. The van der Waals surface area contributed by atoms with Crippen LogP contribution in [-0.2, 0) is 4.74 Å². The number of rotatable bonds is 3. The minimum Gasteiger partial charge on any atom is -0.365 e. The van der Waals surface area contributed by atoms with Crippen molar-refractivity contribution in [1.29, 1.82) is 0 Å². The SMILES string of the molecule is Cc1ccc(C(=O)N2CC(OCC(F)(F)F)C2)s1. The van der Waals surface area contributed by atoms with E-state index < -0.39 is 18.9 Å². The lowest BCUT2D eigenvalue weighted by atomic mass is 10.1. The summed E-state index contributed by atoms with van der Waals surface area (Å²) in [6, 6.07) is 3.57. The van der Waals surface area contributed by atoms with Crippen LogP contribution in [0.25, 0.3) is 0 Å². The lowest BCUT2D eigenvalue weighted by molar-refractivity contribution is -0.196. The Morgan fingerprint density at radius 1 is 1.50 bits per heavy atom. The second-order valence-corrected chi connectivity index (χ2v) is 5.46. The number of carbonyl (C=O) groups is 1. The number of thiophene rings is 1. The molecule has 2 heterocycles. The van der Waals surface area contributed by atoms with E-state index in [4.69, 9.17) is 0 Å². The van der Waals surface area contributed by atoms with E-state index in [9.17, 15) is 18.0 Å². The first-order valence-electron chi connectivity index (χ1n) is 5.39. The van der Waals surface area contributed by atoms with Crippen LogP contribution in [-0.4, -0.2) is 42.8 Å². The lowest BCUT2D eigenvalue weighted by Crippen LogP contribution is -2.55. The van der Waals surface area contributed by atoms with E-state index in [1.807, 2.05) is 13.0 Å². The molecule has 0 N–H and O–H groups in total. The number of aryl methyl sites for hydroxylation is 1. The van der Waals surface area contributed by atoms with Crippen molar-refractivity contribution < 1.29 is 22.7 Å². The molecule has 2 rings (SSSR count). The van der Waals surface area contributed by atoms with Gasteiger partial charge in [-0.25, -0.2) is 0 Å². The fraction of sp³-hybridized carbons (Fsp3) is 0.545. The Morgan fingerprint density at radius 3 is 2.67 bits per heavy atom. The van der Waals surface area contributed by atoms with Crippen molar-refractivity contribution in [1.82, 2.24) is 4.90 Å². The molecule has 0 spiro atoms. The molecule has 1 aromatic rings. The van der Waals surface area contributed by atoms with Gasteiger partial charge in [-0.15, -0.1) is 11.3 Å². The molecule has 0 radical (unpaired) electrons. The molecular formula is C11H12F3NO2S. The summed E-state index contributed by atoms with van der Waals surface area (Å²) in [6.45, 7) is 1.10. The highest BCUT2D eigenvalue weighted by molar-refractivity contribution is 7.13. The van der Waals surface area contributed by atoms with Gasteiger partial charge in [0.05, 0.1) is 11.0 Å². The highest BCUT2D eigenvalue weighted by Gasteiger charge is 2.36. The standard InChI is InChI=1S/C11H12F3NO2S/c1-7-2-3-9(18-7)10(16)15-4-8(5-15)17-6-11(12,13)14/h2-3,8H,4-6H2,1H3. The molecule has 1 saturated heterocycles. The number of alkyl halides is 3. The van der Waals surface area contributed by atoms with Crippen LogP contribution in [0.15, 0.2) is 12.1 Å². The van der Waals surface area contributed by atoms with Crippen LogP contribution in [0.5, 0.6) is 0 Å². The molecule has 0 unspecified atom stereocenters. The molecule has 100 valence electrons. The van der Waals surface area contributed by atoms with E-state index in [1.54, 1.807) is 6.07 Å². The molecule has 0 aliphatic carbocycles. The molecule has 0 bridgehead atoms. The number of halogens is 3. The third-order valence-electron chi connectivity index (χ3n) is 2.57. The van der Waals surface area contributed by atoms with E-state index in [-0.39, 0.29) is 19.0 Å². The van der Waals surface area contributed by atoms with Crippen LogP contribution in [0, 0.1) is 6.92 Å². The van der Waals surface area contributed by atoms with Crippen LogP contribution in [0.2, 0.25) is 0 Å². The van der Waals surface area contributed by atoms with Gasteiger partial charge in [0.2, 0.25) is 0 Å². The number of hydrogen-bond acceptors (Lipinski definition) is 3. The van der Waals surface area contributed by atoms with Crippen LogP contribution < -0.4 is 0 Å². The number of likely N-dealkylation sites (tertiary alicyclic amines) is 1. The molecule has 1 amide bonds. The van der Waals surface area contributed by atoms with Gasteiger partial charge in [-0.2, -0.15) is 13.2 Å². The Morgan fingerprint density at radius 2 is 2.17 bits per heavy atom. The second kappa shape index (κ2) is 4.89. The van der Waals surface area contributed by atoms with Crippen molar-refractivity contribution in [2.24, 2.45) is 0 Å². The number of nitrogens with zero attached hydrogens (tertiary/aromatic N) is 1. The molecule has 18 heavy (non-hydrogen) atoms. The van der Waals surface area contributed by atoms with E-state index >= 15 is 0 Å². The Kier molecular flexibility index (Phi) is 3.63. The number of hydrogen-bond donors (Lipinski definition) is 0. The number of amides is 1. The molecule has 0 aromatic carbocycles. The second-order valence-electron chi connectivity index (χ2n) is 4.17. The van der Waals surface area contributed by atoms with Gasteiger partial charge in [0, 0.05) is 18.0 Å². The summed E-state index contributed by atoms with van der Waals surface area (Å²) in [7, 11) is 0. The third kappa shape index (κ3) is 3.23. The van der Waals surface area contributed by atoms with E-state index in [1.165, 1.54) is 16.2 Å². The maximum absolute atomic E-state index is 11.9. The zero-order valence-electron chi connectivity index (χ0n) is 9.66. The first-order chi connectivity index (χ1) is 8.35. The van der Waals surface area contributed by atoms with Gasteiger partial charge in [0.25, 0.3) is 5.91 Å². The smallest absolute Gasteiger partial charge is 0.365 e. The Bertz CT molecular complexity index is 438. The van der Waals surface area contributed by atoms with Crippen LogP contribution in [0.4, 0.5) is 13.2 Å². The monoisotopic (exact) mass is 279 g/mol. The van der Waals surface area contributed by atoms with Gasteiger partial charge in [0.15, 0.2) is 0 Å². The normalized spacial score (nSPS) is 16.8. The average molecular weight is 279 g/mol. The van der Waals surface area contributed by atoms with Crippen molar-refractivity contribution in [3.05, 3.63) is 21.9 Å². The molecule has 7 heteroatoms. The van der Waals surface area contributed by atoms with Crippen molar-refractivity contribution in [3.8, 4) is 0 Å². The van der Waals surface area contributed by atoms with Gasteiger partial charge in [-0.1, -0.05) is 0 Å². The topological polar surface area (TPSA) is 29.5 Å². The lowest BCUT2D eigenvalue weighted by Gasteiger charge is -2.38. The molecule has 1 aliphatic rings. The van der Waals surface area contributed by atoms with Gasteiger partial charge in [-0.05, 0) is 19.1 Å². The van der Waals surface area contributed by atoms with Gasteiger partial charge in [-0.3, -0.25) is 4.79 Å². The van der Waals surface area contributed by atoms with Crippen molar-refractivity contribution >= 4 is 17.2 Å². The maximum atomic E-state index is 11.9. The fourth-order valence-electron chi connectivity index (χ4n) is 1.63.